The van der Waals surface area contributed by atoms with Gasteiger partial charge in [-0.15, -0.1) is 0 Å². The topological polar surface area (TPSA) is 32.5 Å². The second-order valence-corrected chi connectivity index (χ2v) is 6.52. The molecule has 0 spiro atoms. The predicted octanol–water partition coefficient (Wildman–Crippen LogP) is 1.34. The Hall–Kier alpha value is 0.230. The molecule has 17 heavy (non-hydrogen) atoms. The molecule has 0 bridgehead atoms. The van der Waals surface area contributed by atoms with Crippen molar-refractivity contribution < 1.29 is 0 Å². The molecule has 0 aromatic heterocycles. The van der Waals surface area contributed by atoms with Gasteiger partial charge in [0, 0.05) is 25.2 Å². The summed E-state index contributed by atoms with van der Waals surface area (Å²) in [5, 5.41) is 0. The van der Waals surface area contributed by atoms with Gasteiger partial charge in [0.1, 0.15) is 0 Å². The van der Waals surface area contributed by atoms with E-state index in [4.69, 9.17) is 5.73 Å². The zero-order valence-electron chi connectivity index (χ0n) is 11.9. The molecule has 0 amide bonds. The maximum atomic E-state index is 6.03. The Morgan fingerprint density at radius 3 is 2.53 bits per heavy atom. The molecule has 0 aliphatic carbocycles. The average molecular weight is 259 g/mol. The highest BCUT2D eigenvalue weighted by Gasteiger charge is 2.30. The lowest BCUT2D eigenvalue weighted by molar-refractivity contribution is 0.100. The van der Waals surface area contributed by atoms with Crippen molar-refractivity contribution in [1.29, 1.82) is 0 Å². The Balaban J connectivity index is 2.61. The van der Waals surface area contributed by atoms with Crippen molar-refractivity contribution in [3.8, 4) is 0 Å². The highest BCUT2D eigenvalue weighted by molar-refractivity contribution is 7.99. The molecule has 102 valence electrons. The summed E-state index contributed by atoms with van der Waals surface area (Å²) in [5.74, 6) is 3.42. The summed E-state index contributed by atoms with van der Waals surface area (Å²) in [6, 6.07) is 1.17. The monoisotopic (exact) mass is 259 g/mol. The van der Waals surface area contributed by atoms with Crippen molar-refractivity contribution in [1.82, 2.24) is 9.80 Å². The van der Waals surface area contributed by atoms with Crippen molar-refractivity contribution in [3.63, 3.8) is 0 Å². The molecule has 1 rings (SSSR count). The quantitative estimate of drug-likeness (QED) is 0.748. The standard InChI is InChI=1S/C13H29N3S/c1-5-16(11(2)9-15(3)4)13(8-14)12-6-7-17-10-12/h11-13H,5-10,14H2,1-4H3. The first-order valence-electron chi connectivity index (χ1n) is 6.78. The lowest BCUT2D eigenvalue weighted by Crippen LogP contribution is -2.52. The number of nitrogens with two attached hydrogens (primary N) is 1. The van der Waals surface area contributed by atoms with E-state index in [2.05, 4.69) is 49.5 Å². The normalized spacial score (nSPS) is 24.5. The molecular formula is C13H29N3S. The van der Waals surface area contributed by atoms with Gasteiger partial charge in [-0.25, -0.2) is 0 Å². The number of nitrogens with zero attached hydrogens (tertiary/aromatic N) is 2. The molecule has 3 unspecified atom stereocenters. The van der Waals surface area contributed by atoms with Gasteiger partial charge in [-0.1, -0.05) is 6.92 Å². The second-order valence-electron chi connectivity index (χ2n) is 5.37. The molecule has 0 aromatic rings. The molecule has 4 heteroatoms. The molecule has 1 heterocycles. The fourth-order valence-electron chi connectivity index (χ4n) is 2.96. The van der Waals surface area contributed by atoms with Crippen LogP contribution in [0.3, 0.4) is 0 Å². The van der Waals surface area contributed by atoms with Gasteiger partial charge in [0.15, 0.2) is 0 Å². The molecule has 0 radical (unpaired) electrons. The number of likely N-dealkylation sites (N-methyl/N-ethyl adjacent to an activating group) is 2. The van der Waals surface area contributed by atoms with E-state index in [1.807, 2.05) is 0 Å². The Morgan fingerprint density at radius 2 is 2.12 bits per heavy atom. The van der Waals surface area contributed by atoms with Crippen molar-refractivity contribution in [2.75, 3.05) is 45.2 Å². The molecule has 1 aliphatic rings. The zero-order valence-corrected chi connectivity index (χ0v) is 12.7. The molecule has 1 aliphatic heterocycles. The Labute approximate surface area is 111 Å². The van der Waals surface area contributed by atoms with Gasteiger partial charge in [-0.3, -0.25) is 4.90 Å². The summed E-state index contributed by atoms with van der Waals surface area (Å²) in [4.78, 5) is 4.88. The smallest absolute Gasteiger partial charge is 0.0258 e. The minimum atomic E-state index is 0.574. The van der Waals surface area contributed by atoms with E-state index < -0.39 is 0 Å². The van der Waals surface area contributed by atoms with Crippen LogP contribution in [-0.2, 0) is 0 Å². The van der Waals surface area contributed by atoms with Crippen LogP contribution in [-0.4, -0.2) is 67.1 Å². The summed E-state index contributed by atoms with van der Waals surface area (Å²) in [7, 11) is 4.29. The largest absolute Gasteiger partial charge is 0.329 e. The maximum absolute atomic E-state index is 6.03. The first-order chi connectivity index (χ1) is 8.10. The van der Waals surface area contributed by atoms with E-state index in [1.54, 1.807) is 0 Å². The van der Waals surface area contributed by atoms with Crippen LogP contribution in [0.1, 0.15) is 20.3 Å². The van der Waals surface area contributed by atoms with Gasteiger partial charge in [-0.2, -0.15) is 11.8 Å². The average Bonchev–Trinajstić information content (AvgIpc) is 2.77. The summed E-state index contributed by atoms with van der Waals surface area (Å²) in [6.07, 6.45) is 1.34. The zero-order chi connectivity index (χ0) is 12.8. The fourth-order valence-corrected chi connectivity index (χ4v) is 4.29. The van der Waals surface area contributed by atoms with Crippen molar-refractivity contribution in [2.24, 2.45) is 11.7 Å². The molecule has 0 saturated carbocycles. The summed E-state index contributed by atoms with van der Waals surface area (Å²) in [5.41, 5.74) is 6.03. The lowest BCUT2D eigenvalue weighted by atomic mass is 9.96. The van der Waals surface area contributed by atoms with Crippen LogP contribution < -0.4 is 5.73 Å². The van der Waals surface area contributed by atoms with E-state index in [1.165, 1.54) is 17.9 Å². The van der Waals surface area contributed by atoms with Gasteiger partial charge < -0.3 is 10.6 Å². The molecule has 0 aromatic carbocycles. The third-order valence-electron chi connectivity index (χ3n) is 3.74. The number of hydrogen-bond acceptors (Lipinski definition) is 4. The van der Waals surface area contributed by atoms with Crippen LogP contribution in [0.5, 0.6) is 0 Å². The molecule has 1 fully saturated rings. The molecular weight excluding hydrogens is 230 g/mol. The van der Waals surface area contributed by atoms with Gasteiger partial charge in [0.25, 0.3) is 0 Å². The number of rotatable bonds is 7. The molecule has 2 N–H and O–H groups in total. The first kappa shape index (κ1) is 15.3. The number of hydrogen-bond donors (Lipinski definition) is 1. The van der Waals surface area contributed by atoms with Crippen molar-refractivity contribution in [2.45, 2.75) is 32.4 Å². The van der Waals surface area contributed by atoms with E-state index in [9.17, 15) is 0 Å². The molecule has 3 atom stereocenters. The first-order valence-corrected chi connectivity index (χ1v) is 7.93. The van der Waals surface area contributed by atoms with Crippen molar-refractivity contribution in [3.05, 3.63) is 0 Å². The minimum absolute atomic E-state index is 0.574. The Kier molecular flexibility index (Phi) is 6.85. The predicted molar refractivity (Wildman–Crippen MR) is 78.7 cm³/mol. The SMILES string of the molecule is CCN(C(C)CN(C)C)C(CN)C1CCSC1. The third-order valence-corrected chi connectivity index (χ3v) is 4.93. The Morgan fingerprint density at radius 1 is 1.41 bits per heavy atom. The van der Waals surface area contributed by atoms with E-state index in [0.717, 1.165) is 25.6 Å². The Bertz CT molecular complexity index is 205. The fraction of sp³-hybridized carbons (Fsp3) is 1.00. The maximum Gasteiger partial charge on any atom is 0.0258 e. The third kappa shape index (κ3) is 4.43. The van der Waals surface area contributed by atoms with Crippen LogP contribution in [0.15, 0.2) is 0 Å². The van der Waals surface area contributed by atoms with Crippen molar-refractivity contribution >= 4 is 11.8 Å². The highest BCUT2D eigenvalue weighted by Crippen LogP contribution is 2.29. The molecule has 1 saturated heterocycles. The van der Waals surface area contributed by atoms with E-state index >= 15 is 0 Å². The van der Waals surface area contributed by atoms with Crippen LogP contribution in [0, 0.1) is 5.92 Å². The van der Waals surface area contributed by atoms with Gasteiger partial charge in [0.05, 0.1) is 0 Å². The van der Waals surface area contributed by atoms with Crippen LogP contribution in [0.4, 0.5) is 0 Å². The summed E-state index contributed by atoms with van der Waals surface area (Å²) < 4.78 is 0. The van der Waals surface area contributed by atoms with E-state index in [0.29, 0.717) is 12.1 Å². The second kappa shape index (κ2) is 7.62. The summed E-state index contributed by atoms with van der Waals surface area (Å²) >= 11 is 2.09. The highest BCUT2D eigenvalue weighted by atomic mass is 32.2. The van der Waals surface area contributed by atoms with Gasteiger partial charge >= 0.3 is 0 Å². The van der Waals surface area contributed by atoms with Crippen LogP contribution in [0.25, 0.3) is 0 Å². The minimum Gasteiger partial charge on any atom is -0.329 e. The van der Waals surface area contributed by atoms with Crippen LogP contribution in [0.2, 0.25) is 0 Å². The number of thioether (sulfide) groups is 1. The van der Waals surface area contributed by atoms with Gasteiger partial charge in [0.2, 0.25) is 0 Å². The van der Waals surface area contributed by atoms with Gasteiger partial charge in [-0.05, 0) is 51.4 Å². The van der Waals surface area contributed by atoms with Crippen LogP contribution >= 0.6 is 11.8 Å². The lowest BCUT2D eigenvalue weighted by Gasteiger charge is -2.39. The van der Waals surface area contributed by atoms with E-state index in [-0.39, 0.29) is 0 Å². The summed E-state index contributed by atoms with van der Waals surface area (Å²) in [6.45, 7) is 7.62. The molecule has 3 nitrogen and oxygen atoms in total.